The molecule has 0 radical (unpaired) electrons. The number of halogens is 2. The number of nitrogens with one attached hydrogen (secondary N) is 1. The molecule has 27 heavy (non-hydrogen) atoms. The summed E-state index contributed by atoms with van der Waals surface area (Å²) in [5, 5.41) is 0. The molecule has 6 nitrogen and oxygen atoms in total. The van der Waals surface area contributed by atoms with Crippen molar-refractivity contribution in [1.82, 2.24) is 4.72 Å². The van der Waals surface area contributed by atoms with Crippen LogP contribution in [0.2, 0.25) is 0 Å². The predicted molar refractivity (Wildman–Crippen MR) is 97.3 cm³/mol. The van der Waals surface area contributed by atoms with Crippen molar-refractivity contribution in [3.05, 3.63) is 53.6 Å². The number of nitrogens with zero attached hydrogens (tertiary/aromatic N) is 1. The highest BCUT2D eigenvalue weighted by molar-refractivity contribution is 7.89. The van der Waals surface area contributed by atoms with Crippen molar-refractivity contribution in [3.8, 4) is 5.75 Å². The smallest absolute Gasteiger partial charge is 0.240 e. The Morgan fingerprint density at radius 1 is 1.15 bits per heavy atom. The van der Waals surface area contributed by atoms with E-state index < -0.39 is 27.6 Å². The first-order valence-electron chi connectivity index (χ1n) is 8.03. The van der Waals surface area contributed by atoms with Crippen molar-refractivity contribution in [2.45, 2.75) is 18.7 Å². The number of hydrogen-bond donors (Lipinski definition) is 1. The summed E-state index contributed by atoms with van der Waals surface area (Å²) in [5.74, 6) is -1.98. The van der Waals surface area contributed by atoms with Gasteiger partial charge in [0.25, 0.3) is 0 Å². The molecule has 1 amide bonds. The SMILES string of the molecule is COc1ccc(S(=O)(=O)NCCN(C(C)=O)c2ccc(F)c(F)c2)cc1C. The summed E-state index contributed by atoms with van der Waals surface area (Å²) >= 11 is 0. The van der Waals surface area contributed by atoms with E-state index in [9.17, 15) is 22.0 Å². The minimum atomic E-state index is -3.80. The zero-order chi connectivity index (χ0) is 20.2. The van der Waals surface area contributed by atoms with Gasteiger partial charge in [0, 0.05) is 31.8 Å². The molecule has 0 bridgehead atoms. The maximum atomic E-state index is 13.4. The van der Waals surface area contributed by atoms with E-state index in [1.165, 1.54) is 32.2 Å². The second kappa shape index (κ2) is 8.45. The van der Waals surface area contributed by atoms with Gasteiger partial charge in [-0.2, -0.15) is 0 Å². The van der Waals surface area contributed by atoms with Crippen LogP contribution in [0.1, 0.15) is 12.5 Å². The molecule has 0 spiro atoms. The van der Waals surface area contributed by atoms with Gasteiger partial charge in [0.1, 0.15) is 5.75 Å². The molecule has 0 saturated heterocycles. The van der Waals surface area contributed by atoms with Crippen molar-refractivity contribution < 1.29 is 26.7 Å². The molecular weight excluding hydrogens is 378 g/mol. The maximum absolute atomic E-state index is 13.4. The quantitative estimate of drug-likeness (QED) is 0.778. The summed E-state index contributed by atoms with van der Waals surface area (Å²) < 4.78 is 58.8. The predicted octanol–water partition coefficient (Wildman–Crippen LogP) is 2.61. The van der Waals surface area contributed by atoms with Gasteiger partial charge in [-0.05, 0) is 42.8 Å². The number of aryl methyl sites for hydroxylation is 1. The lowest BCUT2D eigenvalue weighted by Gasteiger charge is -2.21. The van der Waals surface area contributed by atoms with Crippen LogP contribution in [0.25, 0.3) is 0 Å². The molecular formula is C18H20F2N2O4S. The van der Waals surface area contributed by atoms with Crippen LogP contribution in [0.3, 0.4) is 0 Å². The first-order valence-corrected chi connectivity index (χ1v) is 9.51. The van der Waals surface area contributed by atoms with Gasteiger partial charge in [0.05, 0.1) is 12.0 Å². The van der Waals surface area contributed by atoms with Crippen LogP contribution in [0, 0.1) is 18.6 Å². The van der Waals surface area contributed by atoms with Gasteiger partial charge in [-0.15, -0.1) is 0 Å². The van der Waals surface area contributed by atoms with E-state index in [0.717, 1.165) is 17.0 Å². The monoisotopic (exact) mass is 398 g/mol. The second-order valence-electron chi connectivity index (χ2n) is 5.80. The number of carbonyl (C=O) groups is 1. The summed E-state index contributed by atoms with van der Waals surface area (Å²) in [5.41, 5.74) is 0.799. The minimum Gasteiger partial charge on any atom is -0.496 e. The highest BCUT2D eigenvalue weighted by Crippen LogP contribution is 2.21. The fourth-order valence-electron chi connectivity index (χ4n) is 2.51. The molecule has 0 heterocycles. The third-order valence-electron chi connectivity index (χ3n) is 3.90. The van der Waals surface area contributed by atoms with Gasteiger partial charge in [0.2, 0.25) is 15.9 Å². The first kappa shape index (κ1) is 20.8. The molecule has 2 aromatic rings. The number of carbonyl (C=O) groups excluding carboxylic acids is 1. The molecule has 0 aliphatic heterocycles. The summed E-state index contributed by atoms with van der Waals surface area (Å²) in [6, 6.07) is 7.47. The largest absolute Gasteiger partial charge is 0.496 e. The molecule has 0 unspecified atom stereocenters. The lowest BCUT2D eigenvalue weighted by atomic mass is 10.2. The van der Waals surface area contributed by atoms with Crippen molar-refractivity contribution in [2.24, 2.45) is 0 Å². The molecule has 0 aromatic heterocycles. The lowest BCUT2D eigenvalue weighted by Crippen LogP contribution is -2.37. The van der Waals surface area contributed by atoms with Crippen molar-refractivity contribution in [3.63, 3.8) is 0 Å². The van der Waals surface area contributed by atoms with Crippen LogP contribution in [0.4, 0.5) is 14.5 Å². The van der Waals surface area contributed by atoms with E-state index in [-0.39, 0.29) is 23.7 Å². The van der Waals surface area contributed by atoms with Crippen LogP contribution in [-0.4, -0.2) is 34.5 Å². The zero-order valence-electron chi connectivity index (χ0n) is 15.1. The molecule has 1 N–H and O–H groups in total. The van der Waals surface area contributed by atoms with Crippen LogP contribution in [-0.2, 0) is 14.8 Å². The third kappa shape index (κ3) is 5.01. The molecule has 146 valence electrons. The van der Waals surface area contributed by atoms with E-state index in [1.54, 1.807) is 13.0 Å². The van der Waals surface area contributed by atoms with E-state index in [0.29, 0.717) is 11.3 Å². The standard InChI is InChI=1S/C18H20F2N2O4S/c1-12-10-15(5-7-18(12)26-3)27(24,25)21-8-9-22(13(2)23)14-4-6-16(19)17(20)11-14/h4-7,10-11,21H,8-9H2,1-3H3. The Hall–Kier alpha value is -2.52. The van der Waals surface area contributed by atoms with Crippen LogP contribution in [0.5, 0.6) is 5.75 Å². The molecule has 2 aromatic carbocycles. The Kier molecular flexibility index (Phi) is 6.50. The molecule has 0 atom stereocenters. The number of rotatable bonds is 7. The van der Waals surface area contributed by atoms with Gasteiger partial charge < -0.3 is 9.64 Å². The third-order valence-corrected chi connectivity index (χ3v) is 5.36. The number of benzene rings is 2. The fraction of sp³-hybridized carbons (Fsp3) is 0.278. The van der Waals surface area contributed by atoms with Gasteiger partial charge >= 0.3 is 0 Å². The number of hydrogen-bond acceptors (Lipinski definition) is 4. The van der Waals surface area contributed by atoms with Crippen molar-refractivity contribution in [1.29, 1.82) is 0 Å². The second-order valence-corrected chi connectivity index (χ2v) is 7.57. The number of sulfonamides is 1. The summed E-state index contributed by atoms with van der Waals surface area (Å²) in [6.07, 6.45) is 0. The summed E-state index contributed by atoms with van der Waals surface area (Å²) in [4.78, 5) is 13.0. The van der Waals surface area contributed by atoms with E-state index in [4.69, 9.17) is 4.74 Å². The number of anilines is 1. The highest BCUT2D eigenvalue weighted by Gasteiger charge is 2.18. The molecule has 9 heteroatoms. The fourth-order valence-corrected chi connectivity index (χ4v) is 3.62. The van der Waals surface area contributed by atoms with Gasteiger partial charge in [-0.1, -0.05) is 0 Å². The van der Waals surface area contributed by atoms with Gasteiger partial charge in [-0.3, -0.25) is 4.79 Å². The molecule has 2 rings (SSSR count). The Labute approximate surface area is 156 Å². The van der Waals surface area contributed by atoms with Gasteiger partial charge in [0.15, 0.2) is 11.6 Å². The van der Waals surface area contributed by atoms with E-state index in [1.807, 2.05) is 0 Å². The average molecular weight is 398 g/mol. The molecule has 0 aliphatic carbocycles. The first-order chi connectivity index (χ1) is 12.7. The summed E-state index contributed by atoms with van der Waals surface area (Å²) in [7, 11) is -2.31. The van der Waals surface area contributed by atoms with E-state index >= 15 is 0 Å². The highest BCUT2D eigenvalue weighted by atomic mass is 32.2. The maximum Gasteiger partial charge on any atom is 0.240 e. The summed E-state index contributed by atoms with van der Waals surface area (Å²) in [6.45, 7) is 2.82. The normalized spacial score (nSPS) is 11.3. The number of amides is 1. The van der Waals surface area contributed by atoms with Crippen molar-refractivity contribution in [2.75, 3.05) is 25.1 Å². The number of methoxy groups -OCH3 is 1. The molecule has 0 fully saturated rings. The molecule has 0 aliphatic rings. The van der Waals surface area contributed by atoms with Crippen LogP contribution >= 0.6 is 0 Å². The van der Waals surface area contributed by atoms with E-state index in [2.05, 4.69) is 4.72 Å². The average Bonchev–Trinajstić information content (AvgIpc) is 2.61. The van der Waals surface area contributed by atoms with Crippen molar-refractivity contribution >= 4 is 21.6 Å². The Morgan fingerprint density at radius 3 is 2.41 bits per heavy atom. The van der Waals surface area contributed by atoms with Gasteiger partial charge in [-0.25, -0.2) is 21.9 Å². The Bertz CT molecular complexity index is 948. The Balaban J connectivity index is 2.10. The topological polar surface area (TPSA) is 75.7 Å². The molecule has 0 saturated carbocycles. The van der Waals surface area contributed by atoms with Crippen LogP contribution < -0.4 is 14.4 Å². The number of ether oxygens (including phenoxy) is 1. The minimum absolute atomic E-state index is 0.0469. The lowest BCUT2D eigenvalue weighted by molar-refractivity contribution is -0.116. The Morgan fingerprint density at radius 2 is 1.85 bits per heavy atom. The van der Waals surface area contributed by atoms with Crippen LogP contribution in [0.15, 0.2) is 41.3 Å². The zero-order valence-corrected chi connectivity index (χ0v) is 15.9.